The monoisotopic (exact) mass is 572 g/mol. The van der Waals surface area contributed by atoms with Crippen LogP contribution in [0.2, 0.25) is 0 Å². The van der Waals surface area contributed by atoms with Crippen LogP contribution in [0, 0.1) is 17.9 Å². The van der Waals surface area contributed by atoms with E-state index in [2.05, 4.69) is 21.9 Å². The van der Waals surface area contributed by atoms with Crippen LogP contribution in [0.25, 0.3) is 17.0 Å². The maximum absolute atomic E-state index is 9.52. The van der Waals surface area contributed by atoms with Gasteiger partial charge >= 0.3 is 0 Å². The first-order valence-corrected chi connectivity index (χ1v) is 14.0. The molecule has 0 atom stereocenters. The van der Waals surface area contributed by atoms with Gasteiger partial charge in [-0.1, -0.05) is 60.7 Å². The van der Waals surface area contributed by atoms with Gasteiger partial charge in [-0.3, -0.25) is 0 Å². The molecule has 2 aliphatic rings. The number of nitriles is 1. The van der Waals surface area contributed by atoms with Gasteiger partial charge in [-0.15, -0.1) is 0 Å². The van der Waals surface area contributed by atoms with E-state index in [9.17, 15) is 5.26 Å². The highest BCUT2D eigenvalue weighted by atomic mass is 16.5. The van der Waals surface area contributed by atoms with Crippen LogP contribution in [0.15, 0.2) is 144 Å². The van der Waals surface area contributed by atoms with E-state index in [0.29, 0.717) is 17.1 Å². The predicted octanol–water partition coefficient (Wildman–Crippen LogP) is 9.55. The molecule has 0 bridgehead atoms. The zero-order chi connectivity index (χ0) is 30.5. The van der Waals surface area contributed by atoms with Gasteiger partial charge in [0.25, 0.3) is 5.70 Å². The number of allylic oxidation sites excluding steroid dienone is 6. The molecule has 0 unspecified atom stereocenters. The van der Waals surface area contributed by atoms with Gasteiger partial charge in [-0.25, -0.2) is 10.1 Å². The maximum atomic E-state index is 9.52. The van der Waals surface area contributed by atoms with Crippen LogP contribution in [-0.4, -0.2) is 14.1 Å². The summed E-state index contributed by atoms with van der Waals surface area (Å²) in [5.74, 6) is 2.68. The van der Waals surface area contributed by atoms with Crippen molar-refractivity contribution in [2.45, 2.75) is 0 Å². The summed E-state index contributed by atoms with van der Waals surface area (Å²) >= 11 is 0. The van der Waals surface area contributed by atoms with Gasteiger partial charge in [0.1, 0.15) is 11.5 Å². The smallest absolute Gasteiger partial charge is 0.269 e. The van der Waals surface area contributed by atoms with Crippen molar-refractivity contribution >= 4 is 34.9 Å². The van der Waals surface area contributed by atoms with E-state index < -0.39 is 0 Å². The minimum Gasteiger partial charge on any atom is -0.457 e. The molecule has 0 fully saturated rings. The normalized spacial score (nSPS) is 14.8. The molecule has 0 saturated heterocycles. The van der Waals surface area contributed by atoms with Crippen molar-refractivity contribution in [2.24, 2.45) is 0 Å². The maximum Gasteiger partial charge on any atom is 0.269 e. The Bertz CT molecular complexity index is 1890. The second kappa shape index (κ2) is 12.3. The van der Waals surface area contributed by atoms with Crippen molar-refractivity contribution in [1.29, 1.82) is 5.26 Å². The Balaban J connectivity index is 1.24. The van der Waals surface area contributed by atoms with E-state index in [-0.39, 0.29) is 5.70 Å². The fourth-order valence-electron chi connectivity index (χ4n) is 4.96. The highest BCUT2D eigenvalue weighted by molar-refractivity contribution is 5.86. The van der Waals surface area contributed by atoms with Crippen LogP contribution in [0.1, 0.15) is 11.1 Å². The third-order valence-corrected chi connectivity index (χ3v) is 7.20. The van der Waals surface area contributed by atoms with Crippen LogP contribution in [0.5, 0.6) is 11.5 Å². The Morgan fingerprint density at radius 3 is 1.75 bits per heavy atom. The SMILES string of the molecule is [C-]#[N+]C(C#N)=C1C=C(C=Cc2ccc(N(C)C)cc2)OC(C=Cc2ccc(N3c4ccccc4Oc4ccccc43)cc2)=C1. The van der Waals surface area contributed by atoms with Gasteiger partial charge < -0.3 is 19.3 Å². The van der Waals surface area contributed by atoms with Crippen molar-refractivity contribution in [3.05, 3.63) is 167 Å². The van der Waals surface area contributed by atoms with E-state index >= 15 is 0 Å². The molecule has 0 spiro atoms. The molecule has 0 aromatic heterocycles. The van der Waals surface area contributed by atoms with Crippen LogP contribution >= 0.6 is 0 Å². The summed E-state index contributed by atoms with van der Waals surface area (Å²) in [7, 11) is 4.00. The first kappa shape index (κ1) is 27.9. The minimum absolute atomic E-state index is 0.0101. The number of fused-ring (bicyclic) bond motifs is 2. The Labute approximate surface area is 257 Å². The molecule has 6 heteroatoms. The minimum atomic E-state index is 0.0101. The molecular formula is C38H28N4O2. The summed E-state index contributed by atoms with van der Waals surface area (Å²) in [5.41, 5.74) is 6.57. The number of rotatable bonds is 6. The second-order valence-corrected chi connectivity index (χ2v) is 10.3. The van der Waals surface area contributed by atoms with Crippen LogP contribution in [0.3, 0.4) is 0 Å². The van der Waals surface area contributed by atoms with Crippen molar-refractivity contribution < 1.29 is 9.47 Å². The van der Waals surface area contributed by atoms with Gasteiger partial charge in [0.05, 0.1) is 24.0 Å². The molecule has 0 radical (unpaired) electrons. The zero-order valence-electron chi connectivity index (χ0n) is 24.3. The lowest BCUT2D eigenvalue weighted by Gasteiger charge is -2.32. The topological polar surface area (TPSA) is 53.1 Å². The van der Waals surface area contributed by atoms with Crippen LogP contribution < -0.4 is 14.5 Å². The van der Waals surface area contributed by atoms with Crippen molar-refractivity contribution in [1.82, 2.24) is 0 Å². The Morgan fingerprint density at radius 2 is 1.25 bits per heavy atom. The summed E-state index contributed by atoms with van der Waals surface area (Å²) in [6.07, 6.45) is 11.0. The van der Waals surface area contributed by atoms with Gasteiger partial charge in [-0.05, 0) is 89.5 Å². The summed E-state index contributed by atoms with van der Waals surface area (Å²) in [4.78, 5) is 7.64. The van der Waals surface area contributed by atoms with Crippen molar-refractivity contribution in [3.8, 4) is 17.6 Å². The summed E-state index contributed by atoms with van der Waals surface area (Å²) in [6.45, 7) is 7.44. The fourth-order valence-corrected chi connectivity index (χ4v) is 4.96. The van der Waals surface area contributed by atoms with Crippen molar-refractivity contribution in [3.63, 3.8) is 0 Å². The highest BCUT2D eigenvalue weighted by Gasteiger charge is 2.25. The first-order valence-electron chi connectivity index (χ1n) is 14.0. The molecular weight excluding hydrogens is 544 g/mol. The van der Waals surface area contributed by atoms with Crippen molar-refractivity contribution in [2.75, 3.05) is 23.9 Å². The molecule has 212 valence electrons. The molecule has 2 aliphatic heterocycles. The third kappa shape index (κ3) is 5.87. The lowest BCUT2D eigenvalue weighted by Crippen LogP contribution is -2.15. The molecule has 44 heavy (non-hydrogen) atoms. The van der Waals surface area contributed by atoms with E-state index in [1.165, 1.54) is 0 Å². The number of benzene rings is 4. The number of hydrogen-bond donors (Lipinski definition) is 0. The van der Waals surface area contributed by atoms with E-state index in [4.69, 9.17) is 16.0 Å². The highest BCUT2D eigenvalue weighted by Crippen LogP contribution is 2.49. The molecule has 0 aliphatic carbocycles. The average Bonchev–Trinajstić information content (AvgIpc) is 3.06. The van der Waals surface area contributed by atoms with E-state index in [1.54, 1.807) is 12.2 Å². The predicted molar refractivity (Wildman–Crippen MR) is 177 cm³/mol. The average molecular weight is 573 g/mol. The molecule has 0 N–H and O–H groups in total. The number of para-hydroxylation sites is 4. The second-order valence-electron chi connectivity index (χ2n) is 10.3. The molecule has 6 rings (SSSR count). The number of ether oxygens (including phenoxy) is 2. The lowest BCUT2D eigenvalue weighted by atomic mass is 10.1. The van der Waals surface area contributed by atoms with Gasteiger partial charge in [-0.2, -0.15) is 0 Å². The summed E-state index contributed by atoms with van der Waals surface area (Å²) in [6, 6.07) is 34.4. The summed E-state index contributed by atoms with van der Waals surface area (Å²) in [5, 5.41) is 9.52. The number of hydrogen-bond acceptors (Lipinski definition) is 5. The Hall–Kier alpha value is -6.24. The number of anilines is 4. The molecule has 6 nitrogen and oxygen atoms in total. The van der Waals surface area contributed by atoms with Gasteiger partial charge in [0.15, 0.2) is 11.5 Å². The van der Waals surface area contributed by atoms with Gasteiger partial charge in [0, 0.05) is 25.5 Å². The first-order chi connectivity index (χ1) is 21.5. The van der Waals surface area contributed by atoms with E-state index in [0.717, 1.165) is 45.4 Å². The molecule has 0 saturated carbocycles. The fraction of sp³-hybridized carbons (Fsp3) is 0.0526. The van der Waals surface area contributed by atoms with Crippen LogP contribution in [-0.2, 0) is 4.74 Å². The Kier molecular flexibility index (Phi) is 7.82. The molecule has 4 aromatic carbocycles. The Morgan fingerprint density at radius 1 is 0.727 bits per heavy atom. The molecule has 0 amide bonds. The summed E-state index contributed by atoms with van der Waals surface area (Å²) < 4.78 is 12.3. The zero-order valence-corrected chi connectivity index (χ0v) is 24.3. The largest absolute Gasteiger partial charge is 0.457 e. The lowest BCUT2D eigenvalue weighted by molar-refractivity contribution is 0.332. The standard InChI is InChI=1S/C38H28N4O2/c1-40-34(26-39)29-24-32(22-16-27-12-18-30(19-13-27)41(2)3)43-33(25-29)23-17-28-14-20-31(21-15-28)42-35-8-4-6-10-37(35)44-38-11-7-5-9-36(38)42/h4-25H,2-3H3. The molecule has 2 heterocycles. The molecule has 4 aromatic rings. The van der Waals surface area contributed by atoms with Crippen LogP contribution in [0.4, 0.5) is 22.7 Å². The number of nitrogens with zero attached hydrogens (tertiary/aromatic N) is 4. The van der Waals surface area contributed by atoms with Gasteiger partial charge in [0.2, 0.25) is 0 Å². The third-order valence-electron chi connectivity index (χ3n) is 7.20. The quantitative estimate of drug-likeness (QED) is 0.150. The van der Waals surface area contributed by atoms with E-state index in [1.807, 2.05) is 134 Å².